The van der Waals surface area contributed by atoms with Crippen LogP contribution in [0.4, 0.5) is 0 Å². The van der Waals surface area contributed by atoms with Crippen molar-refractivity contribution >= 4 is 22.5 Å². The molecule has 172 valence electrons. The van der Waals surface area contributed by atoms with E-state index in [1.807, 2.05) is 30.3 Å². The summed E-state index contributed by atoms with van der Waals surface area (Å²) in [6.45, 7) is 3.91. The molecule has 0 saturated heterocycles. The SMILES string of the molecule is CCCC1CCC1.CN=C(/C(C(N)=O)=C(\C)N)c1ccc2nc(OC3CCC3)ccc2c1. The van der Waals surface area contributed by atoms with Gasteiger partial charge in [-0.05, 0) is 50.3 Å². The van der Waals surface area contributed by atoms with Gasteiger partial charge in [-0.15, -0.1) is 0 Å². The van der Waals surface area contributed by atoms with E-state index in [4.69, 9.17) is 16.2 Å². The van der Waals surface area contributed by atoms with Gasteiger partial charge in [-0.1, -0.05) is 45.1 Å². The molecule has 6 nitrogen and oxygen atoms in total. The minimum atomic E-state index is -0.594. The Morgan fingerprint density at radius 1 is 1.12 bits per heavy atom. The molecule has 2 aromatic rings. The van der Waals surface area contributed by atoms with Gasteiger partial charge in [0.05, 0.1) is 16.8 Å². The molecule has 1 aromatic carbocycles. The summed E-state index contributed by atoms with van der Waals surface area (Å²) in [4.78, 5) is 20.5. The maximum Gasteiger partial charge on any atom is 0.252 e. The molecule has 1 heterocycles. The maximum atomic E-state index is 11.7. The fraction of sp³-hybridized carbons (Fsp3) is 0.500. The van der Waals surface area contributed by atoms with Gasteiger partial charge in [0.2, 0.25) is 5.88 Å². The van der Waals surface area contributed by atoms with Crippen molar-refractivity contribution in [2.75, 3.05) is 7.05 Å². The molecule has 1 amide bonds. The fourth-order valence-electron chi connectivity index (χ4n) is 4.05. The predicted octanol–water partition coefficient (Wildman–Crippen LogP) is 4.89. The molecule has 0 bridgehead atoms. The third-order valence-electron chi connectivity index (χ3n) is 6.30. The summed E-state index contributed by atoms with van der Waals surface area (Å²) in [5.41, 5.74) is 13.9. The third-order valence-corrected chi connectivity index (χ3v) is 6.30. The number of carbonyl (C=O) groups excluding carboxylic acids is 1. The van der Waals surface area contributed by atoms with Crippen molar-refractivity contribution in [1.82, 2.24) is 4.98 Å². The first-order valence-electron chi connectivity index (χ1n) is 11.7. The van der Waals surface area contributed by atoms with Crippen LogP contribution in [0, 0.1) is 5.92 Å². The molecule has 0 spiro atoms. The lowest BCUT2D eigenvalue weighted by Crippen LogP contribution is -2.25. The third kappa shape index (κ3) is 5.87. The number of nitrogens with two attached hydrogens (primary N) is 2. The van der Waals surface area contributed by atoms with E-state index in [9.17, 15) is 4.79 Å². The summed E-state index contributed by atoms with van der Waals surface area (Å²) in [5, 5.41) is 0.929. The highest BCUT2D eigenvalue weighted by molar-refractivity contribution is 6.28. The summed E-state index contributed by atoms with van der Waals surface area (Å²) < 4.78 is 5.84. The van der Waals surface area contributed by atoms with Gasteiger partial charge in [-0.2, -0.15) is 0 Å². The highest BCUT2D eigenvalue weighted by atomic mass is 16.5. The van der Waals surface area contributed by atoms with E-state index in [1.54, 1.807) is 14.0 Å². The Balaban J connectivity index is 0.000000352. The Kier molecular flexibility index (Phi) is 8.26. The normalized spacial score (nSPS) is 17.5. The molecule has 32 heavy (non-hydrogen) atoms. The van der Waals surface area contributed by atoms with Crippen molar-refractivity contribution < 1.29 is 9.53 Å². The summed E-state index contributed by atoms with van der Waals surface area (Å²) in [5.74, 6) is 1.18. The number of nitrogens with zero attached hydrogens (tertiary/aromatic N) is 2. The number of aromatic nitrogens is 1. The van der Waals surface area contributed by atoms with Gasteiger partial charge >= 0.3 is 0 Å². The predicted molar refractivity (Wildman–Crippen MR) is 131 cm³/mol. The number of aliphatic imine (C=N–C) groups is 1. The molecule has 2 aliphatic rings. The molecule has 0 aliphatic heterocycles. The molecular formula is C26H36N4O2. The first-order chi connectivity index (χ1) is 15.4. The summed E-state index contributed by atoms with van der Waals surface area (Å²) >= 11 is 0. The van der Waals surface area contributed by atoms with E-state index in [0.29, 0.717) is 23.4 Å². The van der Waals surface area contributed by atoms with Crippen molar-refractivity contribution in [3.05, 3.63) is 47.2 Å². The molecule has 4 N–H and O–H groups in total. The summed E-state index contributed by atoms with van der Waals surface area (Å²) in [6, 6.07) is 9.48. The number of hydrogen-bond donors (Lipinski definition) is 2. The second kappa shape index (κ2) is 11.1. The molecular weight excluding hydrogens is 400 g/mol. The van der Waals surface area contributed by atoms with Gasteiger partial charge in [0.15, 0.2) is 0 Å². The lowest BCUT2D eigenvalue weighted by Gasteiger charge is -2.25. The highest BCUT2D eigenvalue weighted by Crippen LogP contribution is 2.30. The number of fused-ring (bicyclic) bond motifs is 1. The Morgan fingerprint density at radius 3 is 2.31 bits per heavy atom. The van der Waals surface area contributed by atoms with Crippen LogP contribution in [0.2, 0.25) is 0 Å². The van der Waals surface area contributed by atoms with Crippen molar-refractivity contribution in [1.29, 1.82) is 0 Å². The van der Waals surface area contributed by atoms with E-state index in [-0.39, 0.29) is 5.57 Å². The topological polar surface area (TPSA) is 104 Å². The fourth-order valence-corrected chi connectivity index (χ4v) is 4.05. The number of primary amides is 1. The first kappa shape index (κ1) is 23.8. The number of ether oxygens (including phenoxy) is 1. The molecule has 1 aromatic heterocycles. The van der Waals surface area contributed by atoms with Gasteiger partial charge in [-0.25, -0.2) is 4.98 Å². The zero-order chi connectivity index (χ0) is 23.1. The van der Waals surface area contributed by atoms with Crippen LogP contribution < -0.4 is 16.2 Å². The quantitative estimate of drug-likeness (QED) is 0.476. The lowest BCUT2D eigenvalue weighted by molar-refractivity contribution is -0.114. The average Bonchev–Trinajstić information content (AvgIpc) is 2.71. The van der Waals surface area contributed by atoms with E-state index < -0.39 is 5.91 Å². The number of benzene rings is 1. The number of amides is 1. The highest BCUT2D eigenvalue weighted by Gasteiger charge is 2.20. The van der Waals surface area contributed by atoms with E-state index in [1.165, 1.54) is 38.5 Å². The summed E-state index contributed by atoms with van der Waals surface area (Å²) in [7, 11) is 1.61. The first-order valence-corrected chi connectivity index (χ1v) is 11.7. The van der Waals surface area contributed by atoms with Crippen molar-refractivity contribution in [3.8, 4) is 5.88 Å². The lowest BCUT2D eigenvalue weighted by atomic mass is 9.82. The van der Waals surface area contributed by atoms with Gasteiger partial charge in [0.25, 0.3) is 5.91 Å². The molecule has 2 fully saturated rings. The number of allylic oxidation sites excluding steroid dienone is 1. The van der Waals surface area contributed by atoms with Crippen LogP contribution >= 0.6 is 0 Å². The number of pyridine rings is 1. The van der Waals surface area contributed by atoms with E-state index >= 15 is 0 Å². The number of hydrogen-bond acceptors (Lipinski definition) is 5. The van der Waals surface area contributed by atoms with Crippen molar-refractivity contribution in [3.63, 3.8) is 0 Å². The van der Waals surface area contributed by atoms with Crippen molar-refractivity contribution in [2.24, 2.45) is 22.4 Å². The van der Waals surface area contributed by atoms with Gasteiger partial charge in [0.1, 0.15) is 6.10 Å². The molecule has 0 radical (unpaired) electrons. The molecule has 0 atom stereocenters. The second-order valence-corrected chi connectivity index (χ2v) is 8.81. The summed E-state index contributed by atoms with van der Waals surface area (Å²) in [6.07, 6.45) is 11.1. The molecule has 6 heteroatoms. The van der Waals surface area contributed by atoms with Gasteiger partial charge in [-0.3, -0.25) is 9.79 Å². The zero-order valence-electron chi connectivity index (χ0n) is 19.6. The smallest absolute Gasteiger partial charge is 0.252 e. The van der Waals surface area contributed by atoms with Crippen LogP contribution in [-0.2, 0) is 4.79 Å². The molecule has 2 saturated carbocycles. The Bertz CT molecular complexity index is 1000. The minimum absolute atomic E-state index is 0.236. The minimum Gasteiger partial charge on any atom is -0.474 e. The van der Waals surface area contributed by atoms with Crippen LogP contribution in [0.1, 0.15) is 70.8 Å². The number of carbonyl (C=O) groups is 1. The van der Waals surface area contributed by atoms with Crippen LogP contribution in [0.3, 0.4) is 0 Å². The zero-order valence-corrected chi connectivity index (χ0v) is 19.6. The number of rotatable bonds is 7. The molecule has 0 unspecified atom stereocenters. The standard InChI is InChI=1S/C19H22N4O2.C7H14/c1-11(20)17(19(21)24)18(22-2)13-6-8-15-12(10-13)7-9-16(23-15)25-14-4-3-5-14;1-2-4-7-5-3-6-7/h6-10,14H,3-5,20H2,1-2H3,(H2,21,24);7H,2-6H2,1H3/b17-11-,22-18?;. The van der Waals surface area contributed by atoms with Gasteiger partial charge < -0.3 is 16.2 Å². The second-order valence-electron chi connectivity index (χ2n) is 8.81. The van der Waals surface area contributed by atoms with Crippen LogP contribution in [0.15, 0.2) is 46.6 Å². The average molecular weight is 437 g/mol. The van der Waals surface area contributed by atoms with E-state index in [0.717, 1.165) is 35.2 Å². The monoisotopic (exact) mass is 436 g/mol. The van der Waals surface area contributed by atoms with Crippen molar-refractivity contribution in [2.45, 2.75) is 71.3 Å². The van der Waals surface area contributed by atoms with E-state index in [2.05, 4.69) is 16.9 Å². The van der Waals surface area contributed by atoms with Crippen LogP contribution in [0.25, 0.3) is 10.9 Å². The largest absolute Gasteiger partial charge is 0.474 e. The Morgan fingerprint density at radius 2 is 1.84 bits per heavy atom. The van der Waals surface area contributed by atoms with Gasteiger partial charge in [0, 0.05) is 29.8 Å². The molecule has 2 aliphatic carbocycles. The Hall–Kier alpha value is -2.89. The van der Waals surface area contributed by atoms with Crippen LogP contribution in [-0.4, -0.2) is 29.8 Å². The molecule has 4 rings (SSSR count). The Labute approximate surface area is 191 Å². The maximum absolute atomic E-state index is 11.7. The van der Waals surface area contributed by atoms with Crippen LogP contribution in [0.5, 0.6) is 5.88 Å².